The third kappa shape index (κ3) is 5.57. The molecule has 37 heavy (non-hydrogen) atoms. The van der Waals surface area contributed by atoms with Crippen molar-refractivity contribution in [2.45, 2.75) is 52.0 Å². The van der Waals surface area contributed by atoms with Gasteiger partial charge in [-0.25, -0.2) is 18.7 Å². The van der Waals surface area contributed by atoms with E-state index in [0.29, 0.717) is 22.5 Å². The summed E-state index contributed by atoms with van der Waals surface area (Å²) in [6.07, 6.45) is 0. The van der Waals surface area contributed by atoms with Gasteiger partial charge in [0.15, 0.2) is 0 Å². The van der Waals surface area contributed by atoms with E-state index in [4.69, 9.17) is 5.53 Å². The van der Waals surface area contributed by atoms with E-state index in [1.807, 2.05) is 38.1 Å². The molecule has 0 saturated heterocycles. The minimum Gasteiger partial charge on any atom is -0.481 e. The fourth-order valence-corrected chi connectivity index (χ4v) is 5.90. The van der Waals surface area contributed by atoms with Gasteiger partial charge in [-0.15, -0.1) is 0 Å². The Bertz CT molecular complexity index is 1450. The molecule has 0 aromatic heterocycles. The molecule has 3 aromatic carbocycles. The zero-order valence-corrected chi connectivity index (χ0v) is 22.8. The van der Waals surface area contributed by atoms with Crippen LogP contribution in [0.3, 0.4) is 0 Å². The van der Waals surface area contributed by atoms with Gasteiger partial charge in [0, 0.05) is 19.5 Å². The summed E-state index contributed by atoms with van der Waals surface area (Å²) in [5.74, 6) is -1.55. The number of nitrogens with one attached hydrogen (secondary N) is 3. The van der Waals surface area contributed by atoms with Crippen molar-refractivity contribution in [1.82, 2.24) is 4.72 Å². The molecule has 0 saturated carbocycles. The van der Waals surface area contributed by atoms with Crippen molar-refractivity contribution < 1.29 is 18.3 Å². The Morgan fingerprint density at radius 1 is 1.05 bits per heavy atom. The van der Waals surface area contributed by atoms with E-state index in [1.165, 1.54) is 0 Å². The Labute approximate surface area is 218 Å². The average molecular weight is 523 g/mol. The Hall–Kier alpha value is -3.56. The Balaban J connectivity index is 2.10. The van der Waals surface area contributed by atoms with E-state index in [1.54, 1.807) is 58.2 Å². The molecule has 0 aliphatic heterocycles. The Kier molecular flexibility index (Phi) is 8.19. The van der Waals surface area contributed by atoms with Crippen molar-refractivity contribution in [3.8, 4) is 0 Å². The molecule has 9 heteroatoms. The molecule has 196 valence electrons. The topological polar surface area (TPSA) is 132 Å². The van der Waals surface area contributed by atoms with Crippen LogP contribution < -0.4 is 10.0 Å². The smallest absolute Gasteiger partial charge is 0.310 e. The molecule has 0 fully saturated rings. The summed E-state index contributed by atoms with van der Waals surface area (Å²) in [4.78, 5) is 12.7. The van der Waals surface area contributed by atoms with E-state index < -0.39 is 27.3 Å². The summed E-state index contributed by atoms with van der Waals surface area (Å²) in [7, 11) is -2.00. The molecule has 0 heterocycles. The second-order valence-electron chi connectivity index (χ2n) is 9.77. The number of hydrogen-bond acceptors (Lipinski definition) is 6. The first-order valence-electron chi connectivity index (χ1n) is 11.9. The Morgan fingerprint density at radius 3 is 2.32 bits per heavy atom. The van der Waals surface area contributed by atoms with Crippen molar-refractivity contribution in [3.05, 3.63) is 88.0 Å². The van der Waals surface area contributed by atoms with Gasteiger partial charge in [0.1, 0.15) is 5.69 Å². The van der Waals surface area contributed by atoms with Gasteiger partial charge < -0.3 is 10.4 Å². The van der Waals surface area contributed by atoms with Crippen LogP contribution in [-0.2, 0) is 21.4 Å². The van der Waals surface area contributed by atoms with Crippen LogP contribution in [-0.4, -0.2) is 26.5 Å². The van der Waals surface area contributed by atoms with E-state index in [2.05, 4.69) is 15.2 Å². The summed E-state index contributed by atoms with van der Waals surface area (Å²) < 4.78 is 28.7. The number of aliphatic carboxylic acids is 1. The quantitative estimate of drug-likeness (QED) is 0.241. The highest BCUT2D eigenvalue weighted by Crippen LogP contribution is 2.46. The lowest BCUT2D eigenvalue weighted by Gasteiger charge is -2.33. The second kappa shape index (κ2) is 10.8. The molecule has 3 aromatic rings. The van der Waals surface area contributed by atoms with Crippen molar-refractivity contribution >= 4 is 27.4 Å². The predicted octanol–water partition coefficient (Wildman–Crippen LogP) is 6.04. The highest BCUT2D eigenvalue weighted by molar-refractivity contribution is 7.89. The van der Waals surface area contributed by atoms with Crippen LogP contribution in [0, 0.1) is 31.7 Å². The number of carbonyl (C=O) groups is 1. The lowest BCUT2D eigenvalue weighted by molar-refractivity contribution is -0.147. The van der Waals surface area contributed by atoms with Crippen LogP contribution in [0.1, 0.15) is 53.1 Å². The first kappa shape index (κ1) is 28.0. The van der Waals surface area contributed by atoms with E-state index in [-0.39, 0.29) is 11.4 Å². The maximum Gasteiger partial charge on any atom is 0.310 e. The number of hydrogen-bond donors (Lipinski definition) is 4. The first-order valence-corrected chi connectivity index (χ1v) is 13.4. The predicted molar refractivity (Wildman–Crippen MR) is 145 cm³/mol. The average Bonchev–Trinajstić information content (AvgIpc) is 2.85. The zero-order valence-electron chi connectivity index (χ0n) is 22.0. The van der Waals surface area contributed by atoms with Gasteiger partial charge >= 0.3 is 5.97 Å². The number of anilines is 1. The molecule has 0 radical (unpaired) electrons. The third-order valence-corrected chi connectivity index (χ3v) is 8.54. The molecule has 0 unspecified atom stereocenters. The summed E-state index contributed by atoms with van der Waals surface area (Å²) >= 11 is 0. The highest BCUT2D eigenvalue weighted by atomic mass is 32.2. The molecule has 0 bridgehead atoms. The molecular weight excluding hydrogens is 488 g/mol. The fourth-order valence-electron chi connectivity index (χ4n) is 4.65. The Morgan fingerprint density at radius 2 is 1.73 bits per heavy atom. The number of carboxylic acids is 1. The minimum atomic E-state index is -3.74. The molecule has 1 atom stereocenters. The summed E-state index contributed by atoms with van der Waals surface area (Å²) in [6, 6.07) is 16.1. The van der Waals surface area contributed by atoms with Crippen LogP contribution in [0.15, 0.2) is 64.6 Å². The summed E-state index contributed by atoms with van der Waals surface area (Å²) in [5, 5.41) is 16.9. The van der Waals surface area contributed by atoms with E-state index >= 15 is 0 Å². The largest absolute Gasteiger partial charge is 0.481 e. The minimum absolute atomic E-state index is 0.0571. The van der Waals surface area contributed by atoms with Gasteiger partial charge in [0.2, 0.25) is 10.0 Å². The molecule has 0 aliphatic carbocycles. The number of sulfonamides is 1. The van der Waals surface area contributed by atoms with E-state index in [9.17, 15) is 18.3 Å². The number of nitrogens with zero attached hydrogens (tertiary/aromatic N) is 1. The summed E-state index contributed by atoms with van der Waals surface area (Å²) in [5.41, 5.74) is 12.1. The molecular formula is C28H34N4O4S. The monoisotopic (exact) mass is 522 g/mol. The van der Waals surface area contributed by atoms with Crippen molar-refractivity contribution in [2.75, 3.05) is 12.4 Å². The van der Waals surface area contributed by atoms with Crippen LogP contribution in [0.2, 0.25) is 0 Å². The lowest BCUT2D eigenvalue weighted by atomic mass is 9.69. The molecule has 4 N–H and O–H groups in total. The number of carboxylic acid groups (broad SMARTS) is 1. The van der Waals surface area contributed by atoms with Crippen LogP contribution in [0.5, 0.6) is 0 Å². The zero-order chi connectivity index (χ0) is 27.5. The van der Waals surface area contributed by atoms with E-state index in [0.717, 1.165) is 22.3 Å². The van der Waals surface area contributed by atoms with Gasteiger partial charge in [0.05, 0.1) is 16.0 Å². The fraction of sp³-hybridized carbons (Fsp3) is 0.321. The van der Waals surface area contributed by atoms with Crippen molar-refractivity contribution in [2.24, 2.45) is 10.5 Å². The SMILES string of the molecule is CNc1ccc([C@@H](c2ccc(C)c(CNS(=O)(=O)c3ccccc3C)c2)C(C)(C)C(=O)O)c(C)c1N=N. The number of benzene rings is 3. The molecule has 8 nitrogen and oxygen atoms in total. The highest BCUT2D eigenvalue weighted by Gasteiger charge is 2.40. The van der Waals surface area contributed by atoms with Gasteiger partial charge in [-0.2, -0.15) is 5.11 Å². The van der Waals surface area contributed by atoms with Crippen LogP contribution in [0.4, 0.5) is 11.4 Å². The van der Waals surface area contributed by atoms with Crippen LogP contribution >= 0.6 is 0 Å². The maximum absolute atomic E-state index is 13.0. The molecule has 0 amide bonds. The van der Waals surface area contributed by atoms with Gasteiger partial charge in [-0.05, 0) is 80.1 Å². The standard InChI is InChI=1S/C28H34N4O4S/c1-17-11-12-20(15-21(17)16-31-37(35,36)24-10-8-7-9-18(24)2)25(28(4,5)27(33)34)22-13-14-23(30-6)26(32-29)19(22)3/h7-15,25,29-31H,16H2,1-6H3,(H,33,34)/t25-/m1/s1. The van der Waals surface area contributed by atoms with Crippen LogP contribution in [0.25, 0.3) is 0 Å². The maximum atomic E-state index is 13.0. The van der Waals surface area contributed by atoms with Gasteiger partial charge in [-0.3, -0.25) is 4.79 Å². The molecule has 3 rings (SSSR count). The summed E-state index contributed by atoms with van der Waals surface area (Å²) in [6.45, 7) is 8.87. The molecule has 0 spiro atoms. The number of rotatable bonds is 10. The van der Waals surface area contributed by atoms with Crippen molar-refractivity contribution in [3.63, 3.8) is 0 Å². The third-order valence-electron chi connectivity index (χ3n) is 6.98. The molecule has 0 aliphatic rings. The lowest BCUT2D eigenvalue weighted by Crippen LogP contribution is -2.33. The second-order valence-corrected chi connectivity index (χ2v) is 11.5. The number of aryl methyl sites for hydroxylation is 2. The van der Waals surface area contributed by atoms with Gasteiger partial charge in [-0.1, -0.05) is 42.5 Å². The van der Waals surface area contributed by atoms with Gasteiger partial charge in [0.25, 0.3) is 0 Å². The van der Waals surface area contributed by atoms with Crippen molar-refractivity contribution in [1.29, 1.82) is 5.53 Å². The first-order chi connectivity index (χ1) is 17.3. The normalized spacial score (nSPS) is 12.7.